The molecular formula is C24H21NO4. The van der Waals surface area contributed by atoms with Crippen molar-refractivity contribution < 1.29 is 19.1 Å². The van der Waals surface area contributed by atoms with Gasteiger partial charge in [-0.05, 0) is 24.6 Å². The molecule has 0 saturated carbocycles. The van der Waals surface area contributed by atoms with Crippen molar-refractivity contribution in [2.75, 3.05) is 5.32 Å². The molecule has 0 aliphatic rings. The van der Waals surface area contributed by atoms with Crippen LogP contribution in [0.15, 0.2) is 78.9 Å². The lowest BCUT2D eigenvalue weighted by molar-refractivity contribution is -0.114. The predicted octanol–water partition coefficient (Wildman–Crippen LogP) is 4.73. The number of nitrogens with one attached hydrogen (secondary N) is 1. The molecule has 1 amide bonds. The first-order valence-electron chi connectivity index (χ1n) is 9.19. The van der Waals surface area contributed by atoms with E-state index in [2.05, 4.69) is 5.32 Å². The number of esters is 1. The second-order valence-corrected chi connectivity index (χ2v) is 6.64. The zero-order chi connectivity index (χ0) is 20.8. The Morgan fingerprint density at radius 2 is 1.45 bits per heavy atom. The molecular weight excluding hydrogens is 366 g/mol. The largest absolute Gasteiger partial charge is 0.445 e. The number of benzene rings is 3. The van der Waals surface area contributed by atoms with Gasteiger partial charge in [0.15, 0.2) is 6.10 Å². The smallest absolute Gasteiger partial charge is 0.339 e. The molecule has 3 aromatic carbocycles. The summed E-state index contributed by atoms with van der Waals surface area (Å²) in [6.07, 6.45) is -1.07. The Bertz CT molecular complexity index is 1030. The average Bonchev–Trinajstić information content (AvgIpc) is 2.74. The van der Waals surface area contributed by atoms with E-state index in [9.17, 15) is 14.4 Å². The summed E-state index contributed by atoms with van der Waals surface area (Å²) in [6, 6.07) is 22.5. The summed E-state index contributed by atoms with van der Waals surface area (Å²) >= 11 is 0. The topological polar surface area (TPSA) is 72.5 Å². The van der Waals surface area contributed by atoms with E-state index in [4.69, 9.17) is 4.74 Å². The lowest BCUT2D eigenvalue weighted by Crippen LogP contribution is -2.20. The van der Waals surface area contributed by atoms with Gasteiger partial charge in [0.1, 0.15) is 0 Å². The van der Waals surface area contributed by atoms with E-state index in [1.54, 1.807) is 66.7 Å². The van der Waals surface area contributed by atoms with Crippen LogP contribution >= 0.6 is 0 Å². The zero-order valence-electron chi connectivity index (χ0n) is 16.2. The fraction of sp³-hybridized carbons (Fsp3) is 0.125. The number of amides is 1. The minimum absolute atomic E-state index is 0.236. The van der Waals surface area contributed by atoms with E-state index < -0.39 is 12.1 Å². The molecule has 5 nitrogen and oxygen atoms in total. The molecule has 0 aliphatic heterocycles. The maximum atomic E-state index is 13.0. The van der Waals surface area contributed by atoms with Crippen LogP contribution in [0, 0.1) is 6.92 Å². The summed E-state index contributed by atoms with van der Waals surface area (Å²) in [6.45, 7) is 3.22. The van der Waals surface area contributed by atoms with E-state index in [0.29, 0.717) is 16.8 Å². The fourth-order valence-electron chi connectivity index (χ4n) is 2.90. The second-order valence-electron chi connectivity index (χ2n) is 6.64. The van der Waals surface area contributed by atoms with Crippen LogP contribution in [0.5, 0.6) is 0 Å². The normalized spacial score (nSPS) is 11.4. The van der Waals surface area contributed by atoms with Gasteiger partial charge < -0.3 is 10.1 Å². The first kappa shape index (κ1) is 20.0. The van der Waals surface area contributed by atoms with Crippen molar-refractivity contribution in [3.05, 3.63) is 101 Å². The van der Waals surface area contributed by atoms with Crippen molar-refractivity contribution in [3.63, 3.8) is 0 Å². The van der Waals surface area contributed by atoms with Crippen molar-refractivity contribution in [1.29, 1.82) is 0 Å². The standard InChI is InChI=1S/C24H21NO4/c1-16-13-14-20(15-21(16)25-17(2)26)24(28)29-23(19-11-7-4-8-12-19)22(27)18-9-5-3-6-10-18/h3-15,23H,1-2H3,(H,25,26)/t23-/m1/s1. The molecule has 0 aromatic heterocycles. The quantitative estimate of drug-likeness (QED) is 0.490. The number of hydrogen-bond acceptors (Lipinski definition) is 4. The van der Waals surface area contributed by atoms with Crippen LogP contribution in [0.4, 0.5) is 5.69 Å². The molecule has 1 atom stereocenters. The summed E-state index contributed by atoms with van der Waals surface area (Å²) in [4.78, 5) is 37.3. The Morgan fingerprint density at radius 3 is 2.07 bits per heavy atom. The van der Waals surface area contributed by atoms with Gasteiger partial charge in [-0.15, -0.1) is 0 Å². The SMILES string of the molecule is CC(=O)Nc1cc(C(=O)O[C@@H](C(=O)c2ccccc2)c2ccccc2)ccc1C. The number of carbonyl (C=O) groups is 3. The van der Waals surface area contributed by atoms with E-state index in [1.165, 1.54) is 6.92 Å². The van der Waals surface area contributed by atoms with Crippen molar-refractivity contribution in [1.82, 2.24) is 0 Å². The summed E-state index contributed by atoms with van der Waals surface area (Å²) < 4.78 is 5.64. The van der Waals surface area contributed by atoms with Crippen molar-refractivity contribution in [2.45, 2.75) is 20.0 Å². The number of ketones is 1. The van der Waals surface area contributed by atoms with Crippen LogP contribution in [-0.4, -0.2) is 17.7 Å². The summed E-state index contributed by atoms with van der Waals surface area (Å²) in [5.41, 5.74) is 2.64. The highest BCUT2D eigenvalue weighted by molar-refractivity contribution is 6.02. The third-order valence-corrected chi connectivity index (χ3v) is 4.41. The molecule has 0 heterocycles. The van der Waals surface area contributed by atoms with E-state index in [1.807, 2.05) is 19.1 Å². The fourth-order valence-corrected chi connectivity index (χ4v) is 2.90. The molecule has 0 spiro atoms. The number of rotatable bonds is 6. The molecule has 29 heavy (non-hydrogen) atoms. The first-order chi connectivity index (χ1) is 14.0. The Labute approximate surface area is 169 Å². The van der Waals surface area contributed by atoms with Gasteiger partial charge in [-0.25, -0.2) is 4.79 Å². The van der Waals surface area contributed by atoms with E-state index in [0.717, 1.165) is 5.56 Å². The maximum Gasteiger partial charge on any atom is 0.339 e. The number of aryl methyl sites for hydroxylation is 1. The van der Waals surface area contributed by atoms with Gasteiger partial charge in [0, 0.05) is 23.7 Å². The number of Topliss-reactive ketones (excluding diaryl/α,β-unsaturated/α-hetero) is 1. The number of anilines is 1. The minimum Gasteiger partial charge on any atom is -0.445 e. The number of hydrogen-bond donors (Lipinski definition) is 1. The predicted molar refractivity (Wildman–Crippen MR) is 111 cm³/mol. The van der Waals surface area contributed by atoms with Crippen LogP contribution in [0.1, 0.15) is 44.9 Å². The van der Waals surface area contributed by atoms with Gasteiger partial charge in [-0.1, -0.05) is 66.7 Å². The van der Waals surface area contributed by atoms with Crippen LogP contribution in [0.2, 0.25) is 0 Å². The average molecular weight is 387 g/mol. The Morgan fingerprint density at radius 1 is 0.828 bits per heavy atom. The van der Waals surface area contributed by atoms with Gasteiger partial charge in [0.05, 0.1) is 5.56 Å². The molecule has 5 heteroatoms. The van der Waals surface area contributed by atoms with Crippen molar-refractivity contribution >= 4 is 23.3 Å². The summed E-state index contributed by atoms with van der Waals surface area (Å²) in [7, 11) is 0. The molecule has 0 fully saturated rings. The number of ether oxygens (including phenoxy) is 1. The molecule has 146 valence electrons. The Kier molecular flexibility index (Phi) is 6.19. The minimum atomic E-state index is -1.07. The van der Waals surface area contributed by atoms with E-state index in [-0.39, 0.29) is 17.3 Å². The van der Waals surface area contributed by atoms with E-state index >= 15 is 0 Å². The number of carbonyl (C=O) groups excluding carboxylic acids is 3. The highest BCUT2D eigenvalue weighted by atomic mass is 16.5. The molecule has 0 aliphatic carbocycles. The monoisotopic (exact) mass is 387 g/mol. The lowest BCUT2D eigenvalue weighted by Gasteiger charge is -2.18. The van der Waals surface area contributed by atoms with Gasteiger partial charge in [-0.3, -0.25) is 9.59 Å². The summed E-state index contributed by atoms with van der Waals surface area (Å²) in [5.74, 6) is -1.19. The molecule has 3 rings (SSSR count). The van der Waals surface area contributed by atoms with Crippen LogP contribution in [-0.2, 0) is 9.53 Å². The first-order valence-corrected chi connectivity index (χ1v) is 9.19. The molecule has 0 bridgehead atoms. The third kappa shape index (κ3) is 4.96. The van der Waals surface area contributed by atoms with Crippen molar-refractivity contribution in [2.24, 2.45) is 0 Å². The Hall–Kier alpha value is -3.73. The van der Waals surface area contributed by atoms with Crippen LogP contribution in [0.25, 0.3) is 0 Å². The second kappa shape index (κ2) is 8.97. The molecule has 0 unspecified atom stereocenters. The molecule has 0 saturated heterocycles. The van der Waals surface area contributed by atoms with Crippen molar-refractivity contribution in [3.8, 4) is 0 Å². The maximum absolute atomic E-state index is 13.0. The molecule has 0 radical (unpaired) electrons. The van der Waals surface area contributed by atoms with Gasteiger partial charge >= 0.3 is 5.97 Å². The molecule has 3 aromatic rings. The van der Waals surface area contributed by atoms with Crippen LogP contribution < -0.4 is 5.32 Å². The third-order valence-electron chi connectivity index (χ3n) is 4.41. The van der Waals surface area contributed by atoms with Gasteiger partial charge in [0.25, 0.3) is 0 Å². The van der Waals surface area contributed by atoms with Crippen LogP contribution in [0.3, 0.4) is 0 Å². The highest BCUT2D eigenvalue weighted by Gasteiger charge is 2.26. The van der Waals surface area contributed by atoms with Gasteiger partial charge in [0.2, 0.25) is 11.7 Å². The highest BCUT2D eigenvalue weighted by Crippen LogP contribution is 2.25. The molecule has 1 N–H and O–H groups in total. The lowest BCUT2D eigenvalue weighted by atomic mass is 9.99. The van der Waals surface area contributed by atoms with Gasteiger partial charge in [-0.2, -0.15) is 0 Å². The Balaban J connectivity index is 1.91. The summed E-state index contributed by atoms with van der Waals surface area (Å²) in [5, 5.41) is 2.69. The zero-order valence-corrected chi connectivity index (χ0v) is 16.2.